The van der Waals surface area contributed by atoms with E-state index in [-0.39, 0.29) is 5.91 Å². The molecule has 6 heteroatoms. The van der Waals surface area contributed by atoms with Crippen LogP contribution in [0.2, 0.25) is 0 Å². The van der Waals surface area contributed by atoms with E-state index in [1.807, 2.05) is 11.8 Å². The third kappa shape index (κ3) is 2.65. The smallest absolute Gasteiger partial charge is 0.241 e. The SMILES string of the molecule is Cc1nnc(NCC(=O)N2CCCC2)s1. The molecule has 1 saturated heterocycles. The topological polar surface area (TPSA) is 58.1 Å². The molecule has 1 aromatic heterocycles. The Kier molecular flexibility index (Phi) is 3.15. The Morgan fingerprint density at radius 2 is 2.20 bits per heavy atom. The van der Waals surface area contributed by atoms with Crippen LogP contribution in [0.25, 0.3) is 0 Å². The van der Waals surface area contributed by atoms with Crippen molar-refractivity contribution in [3.63, 3.8) is 0 Å². The minimum Gasteiger partial charge on any atom is -0.351 e. The fourth-order valence-corrected chi connectivity index (χ4v) is 2.19. The molecule has 2 heterocycles. The van der Waals surface area contributed by atoms with E-state index in [0.717, 1.165) is 36.1 Å². The van der Waals surface area contributed by atoms with Gasteiger partial charge in [0, 0.05) is 13.1 Å². The molecule has 0 saturated carbocycles. The van der Waals surface area contributed by atoms with Crippen molar-refractivity contribution in [1.82, 2.24) is 15.1 Å². The molecule has 2 rings (SSSR count). The van der Waals surface area contributed by atoms with E-state index in [9.17, 15) is 4.79 Å². The van der Waals surface area contributed by atoms with Gasteiger partial charge in [0.2, 0.25) is 11.0 Å². The number of hydrogen-bond acceptors (Lipinski definition) is 5. The first-order chi connectivity index (χ1) is 7.25. The van der Waals surface area contributed by atoms with Crippen molar-refractivity contribution in [3.05, 3.63) is 5.01 Å². The van der Waals surface area contributed by atoms with Gasteiger partial charge in [-0.1, -0.05) is 11.3 Å². The third-order valence-electron chi connectivity index (χ3n) is 2.38. The van der Waals surface area contributed by atoms with Gasteiger partial charge in [-0.3, -0.25) is 4.79 Å². The summed E-state index contributed by atoms with van der Waals surface area (Å²) >= 11 is 1.47. The summed E-state index contributed by atoms with van der Waals surface area (Å²) in [5.41, 5.74) is 0. The summed E-state index contributed by atoms with van der Waals surface area (Å²) in [5.74, 6) is 0.153. The van der Waals surface area contributed by atoms with Crippen molar-refractivity contribution in [3.8, 4) is 0 Å². The zero-order chi connectivity index (χ0) is 10.7. The van der Waals surface area contributed by atoms with E-state index >= 15 is 0 Å². The lowest BCUT2D eigenvalue weighted by atomic mass is 10.4. The van der Waals surface area contributed by atoms with Gasteiger partial charge in [-0.15, -0.1) is 10.2 Å². The van der Waals surface area contributed by atoms with Crippen LogP contribution in [0.1, 0.15) is 17.8 Å². The molecule has 0 atom stereocenters. The lowest BCUT2D eigenvalue weighted by Crippen LogP contribution is -2.32. The van der Waals surface area contributed by atoms with Crippen molar-refractivity contribution in [1.29, 1.82) is 0 Å². The van der Waals surface area contributed by atoms with Crippen LogP contribution < -0.4 is 5.32 Å². The maximum Gasteiger partial charge on any atom is 0.241 e. The molecule has 15 heavy (non-hydrogen) atoms. The Hall–Kier alpha value is -1.17. The highest BCUT2D eigenvalue weighted by Crippen LogP contribution is 2.13. The van der Waals surface area contributed by atoms with Crippen molar-refractivity contribution in [2.45, 2.75) is 19.8 Å². The Labute approximate surface area is 92.5 Å². The summed E-state index contributed by atoms with van der Waals surface area (Å²) in [4.78, 5) is 13.5. The molecule has 1 amide bonds. The summed E-state index contributed by atoms with van der Waals surface area (Å²) in [6.07, 6.45) is 2.26. The molecule has 0 unspecified atom stereocenters. The quantitative estimate of drug-likeness (QED) is 0.831. The van der Waals surface area contributed by atoms with Gasteiger partial charge in [-0.05, 0) is 19.8 Å². The Morgan fingerprint density at radius 3 is 2.80 bits per heavy atom. The number of aryl methyl sites for hydroxylation is 1. The number of carbonyl (C=O) groups excluding carboxylic acids is 1. The monoisotopic (exact) mass is 226 g/mol. The maximum atomic E-state index is 11.6. The zero-order valence-electron chi connectivity index (χ0n) is 8.69. The van der Waals surface area contributed by atoms with Crippen LogP contribution in [-0.2, 0) is 4.79 Å². The van der Waals surface area contributed by atoms with Gasteiger partial charge >= 0.3 is 0 Å². The number of rotatable bonds is 3. The second kappa shape index (κ2) is 4.57. The molecule has 1 aliphatic rings. The fourth-order valence-electron chi connectivity index (χ4n) is 1.60. The second-order valence-electron chi connectivity index (χ2n) is 3.57. The average Bonchev–Trinajstić information content (AvgIpc) is 2.84. The van der Waals surface area contributed by atoms with E-state index in [1.54, 1.807) is 0 Å². The first kappa shape index (κ1) is 10.4. The minimum atomic E-state index is 0.153. The van der Waals surface area contributed by atoms with E-state index in [0.29, 0.717) is 6.54 Å². The van der Waals surface area contributed by atoms with Crippen LogP contribution >= 0.6 is 11.3 Å². The maximum absolute atomic E-state index is 11.6. The number of nitrogens with zero attached hydrogens (tertiary/aromatic N) is 3. The van der Waals surface area contributed by atoms with E-state index in [2.05, 4.69) is 15.5 Å². The van der Waals surface area contributed by atoms with Crippen molar-refractivity contribution in [2.24, 2.45) is 0 Å². The normalized spacial score (nSPS) is 15.7. The number of likely N-dealkylation sites (tertiary alicyclic amines) is 1. The molecule has 1 N–H and O–H groups in total. The Bertz CT molecular complexity index is 346. The third-order valence-corrected chi connectivity index (χ3v) is 3.17. The second-order valence-corrected chi connectivity index (χ2v) is 4.75. The standard InChI is InChI=1S/C9H14N4OS/c1-7-11-12-9(15-7)10-6-8(14)13-4-2-3-5-13/h2-6H2,1H3,(H,10,12). The first-order valence-corrected chi connectivity index (χ1v) is 5.89. The van der Waals surface area contributed by atoms with Crippen molar-refractivity contribution in [2.75, 3.05) is 25.0 Å². The summed E-state index contributed by atoms with van der Waals surface area (Å²) in [5, 5.41) is 12.4. The molecule has 82 valence electrons. The number of hydrogen-bond donors (Lipinski definition) is 1. The predicted molar refractivity (Wildman–Crippen MR) is 58.9 cm³/mol. The highest BCUT2D eigenvalue weighted by molar-refractivity contribution is 7.15. The van der Waals surface area contributed by atoms with E-state index in [1.165, 1.54) is 11.3 Å². The van der Waals surface area contributed by atoms with Gasteiger partial charge in [0.1, 0.15) is 5.01 Å². The molecule has 0 bridgehead atoms. The highest BCUT2D eigenvalue weighted by Gasteiger charge is 2.17. The number of aromatic nitrogens is 2. The molecule has 0 aromatic carbocycles. The van der Waals surface area contributed by atoms with Crippen LogP contribution in [0.5, 0.6) is 0 Å². The Balaban J connectivity index is 1.80. The van der Waals surface area contributed by atoms with E-state index < -0.39 is 0 Å². The van der Waals surface area contributed by atoms with E-state index in [4.69, 9.17) is 0 Å². The van der Waals surface area contributed by atoms with Crippen LogP contribution in [0.15, 0.2) is 0 Å². The predicted octanol–water partition coefficient (Wildman–Crippen LogP) is 0.881. The van der Waals surface area contributed by atoms with Crippen molar-refractivity contribution >= 4 is 22.4 Å². The van der Waals surface area contributed by atoms with Gasteiger partial charge in [-0.25, -0.2) is 0 Å². The highest BCUT2D eigenvalue weighted by atomic mass is 32.1. The van der Waals surface area contributed by atoms with Crippen LogP contribution in [0.4, 0.5) is 5.13 Å². The number of anilines is 1. The minimum absolute atomic E-state index is 0.153. The summed E-state index contributed by atoms with van der Waals surface area (Å²) in [6, 6.07) is 0. The summed E-state index contributed by atoms with van der Waals surface area (Å²) in [7, 11) is 0. The van der Waals surface area contributed by atoms with Crippen LogP contribution in [0, 0.1) is 6.92 Å². The lowest BCUT2D eigenvalue weighted by molar-refractivity contribution is -0.128. The van der Waals surface area contributed by atoms with Gasteiger partial charge in [-0.2, -0.15) is 0 Å². The summed E-state index contributed by atoms with van der Waals surface area (Å²) in [6.45, 7) is 4.02. The van der Waals surface area contributed by atoms with Gasteiger partial charge in [0.25, 0.3) is 0 Å². The molecular weight excluding hydrogens is 212 g/mol. The molecule has 1 aromatic rings. The lowest BCUT2D eigenvalue weighted by Gasteiger charge is -2.14. The van der Waals surface area contributed by atoms with Crippen LogP contribution in [0.3, 0.4) is 0 Å². The van der Waals surface area contributed by atoms with Gasteiger partial charge < -0.3 is 10.2 Å². The van der Waals surface area contributed by atoms with Crippen LogP contribution in [-0.4, -0.2) is 40.6 Å². The molecular formula is C9H14N4OS. The molecule has 0 spiro atoms. The zero-order valence-corrected chi connectivity index (χ0v) is 9.51. The first-order valence-electron chi connectivity index (χ1n) is 5.07. The average molecular weight is 226 g/mol. The number of amides is 1. The largest absolute Gasteiger partial charge is 0.351 e. The number of nitrogens with one attached hydrogen (secondary N) is 1. The molecule has 5 nitrogen and oxygen atoms in total. The fraction of sp³-hybridized carbons (Fsp3) is 0.667. The summed E-state index contributed by atoms with van der Waals surface area (Å²) < 4.78 is 0. The Morgan fingerprint density at radius 1 is 1.47 bits per heavy atom. The molecule has 1 aliphatic heterocycles. The molecule has 1 fully saturated rings. The molecule has 0 aliphatic carbocycles. The molecule has 0 radical (unpaired) electrons. The van der Waals surface area contributed by atoms with Crippen molar-refractivity contribution < 1.29 is 4.79 Å². The number of carbonyl (C=O) groups is 1. The van der Waals surface area contributed by atoms with Gasteiger partial charge in [0.05, 0.1) is 6.54 Å². The van der Waals surface area contributed by atoms with Gasteiger partial charge in [0.15, 0.2) is 0 Å².